The van der Waals surface area contributed by atoms with Crippen molar-refractivity contribution < 1.29 is 19.2 Å². The average Bonchev–Trinajstić information content (AvgIpc) is 2.58. The van der Waals surface area contributed by atoms with E-state index in [1.165, 1.54) is 6.07 Å². The summed E-state index contributed by atoms with van der Waals surface area (Å²) in [5.74, 6) is -0.855. The van der Waals surface area contributed by atoms with E-state index in [9.17, 15) is 9.59 Å². The van der Waals surface area contributed by atoms with Crippen molar-refractivity contribution in [1.29, 1.82) is 0 Å². The molecule has 0 spiro atoms. The minimum Gasteiger partial charge on any atom is -0.484 e. The van der Waals surface area contributed by atoms with Gasteiger partial charge in [-0.2, -0.15) is 0 Å². The number of amidine groups is 1. The Bertz CT molecular complexity index is 775. The van der Waals surface area contributed by atoms with E-state index in [0.717, 1.165) is 0 Å². The van der Waals surface area contributed by atoms with Crippen molar-refractivity contribution in [2.24, 2.45) is 16.6 Å². The summed E-state index contributed by atoms with van der Waals surface area (Å²) in [4.78, 5) is 27.3. The molecule has 1 amide bonds. The van der Waals surface area contributed by atoms with Gasteiger partial charge in [-0.3, -0.25) is 4.79 Å². The van der Waals surface area contributed by atoms with E-state index >= 15 is 0 Å². The molecule has 0 radical (unpaired) electrons. The number of hydrogen-bond donors (Lipinski definition) is 2. The van der Waals surface area contributed by atoms with Crippen molar-refractivity contribution in [3.63, 3.8) is 0 Å². The zero-order chi connectivity index (χ0) is 17.5. The molecule has 8 heteroatoms. The molecule has 0 aliphatic carbocycles. The van der Waals surface area contributed by atoms with Gasteiger partial charge in [-0.05, 0) is 36.4 Å². The van der Waals surface area contributed by atoms with Crippen LogP contribution in [-0.4, -0.2) is 24.3 Å². The van der Waals surface area contributed by atoms with Gasteiger partial charge in [0.2, 0.25) is 0 Å². The first kappa shape index (κ1) is 17.3. The number of rotatable bonds is 6. The van der Waals surface area contributed by atoms with Crippen LogP contribution < -0.4 is 16.2 Å². The Morgan fingerprint density at radius 1 is 1.04 bits per heavy atom. The van der Waals surface area contributed by atoms with Gasteiger partial charge in [0.05, 0.1) is 10.6 Å². The second-order valence-corrected chi connectivity index (χ2v) is 5.02. The third kappa shape index (κ3) is 4.72. The van der Waals surface area contributed by atoms with E-state index in [-0.39, 0.29) is 23.0 Å². The van der Waals surface area contributed by atoms with Crippen molar-refractivity contribution in [1.82, 2.24) is 0 Å². The van der Waals surface area contributed by atoms with Crippen LogP contribution in [0.15, 0.2) is 53.7 Å². The van der Waals surface area contributed by atoms with Crippen LogP contribution in [0.3, 0.4) is 0 Å². The van der Waals surface area contributed by atoms with Gasteiger partial charge in [0.25, 0.3) is 5.91 Å². The fraction of sp³-hybridized carbons (Fsp3) is 0.0625. The van der Waals surface area contributed by atoms with Gasteiger partial charge in [0.1, 0.15) is 5.75 Å². The van der Waals surface area contributed by atoms with Crippen molar-refractivity contribution in [3.05, 3.63) is 64.7 Å². The average molecular weight is 348 g/mol. The number of halogens is 1. The molecule has 0 heterocycles. The molecule has 0 unspecified atom stereocenters. The third-order valence-electron chi connectivity index (χ3n) is 2.85. The molecule has 0 bridgehead atoms. The van der Waals surface area contributed by atoms with Crippen molar-refractivity contribution in [3.8, 4) is 5.75 Å². The molecule has 0 saturated carbocycles. The third-order valence-corrected chi connectivity index (χ3v) is 3.18. The highest BCUT2D eigenvalue weighted by atomic mass is 35.5. The first-order valence-corrected chi connectivity index (χ1v) is 7.16. The van der Waals surface area contributed by atoms with Crippen LogP contribution >= 0.6 is 11.6 Å². The number of carbonyl (C=O) groups excluding carboxylic acids is 2. The largest absolute Gasteiger partial charge is 0.484 e. The van der Waals surface area contributed by atoms with E-state index in [1.54, 1.807) is 42.5 Å². The summed E-state index contributed by atoms with van der Waals surface area (Å²) < 4.78 is 5.12. The lowest BCUT2D eigenvalue weighted by Crippen LogP contribution is -2.20. The molecule has 0 aromatic heterocycles. The number of hydrogen-bond acceptors (Lipinski definition) is 5. The lowest BCUT2D eigenvalue weighted by Gasteiger charge is -2.05. The number of amides is 1. The summed E-state index contributed by atoms with van der Waals surface area (Å²) in [6, 6.07) is 12.8. The van der Waals surface area contributed by atoms with Crippen LogP contribution in [0, 0.1) is 0 Å². The number of nitrogens with zero attached hydrogens (tertiary/aromatic N) is 1. The monoisotopic (exact) mass is 347 g/mol. The molecule has 124 valence electrons. The number of primary amides is 1. The Morgan fingerprint density at radius 3 is 2.33 bits per heavy atom. The Hall–Kier alpha value is -3.06. The summed E-state index contributed by atoms with van der Waals surface area (Å²) in [7, 11) is 0. The maximum atomic E-state index is 11.9. The lowest BCUT2D eigenvalue weighted by molar-refractivity contribution is -0.119. The fourth-order valence-corrected chi connectivity index (χ4v) is 1.91. The standard InChI is InChI=1S/C16H14ClN3O4/c17-13-4-2-1-3-12(13)16(22)24-20-15(19)10-5-7-11(8-6-10)23-9-14(18)21/h1-8H,9H2,(H2,18,21)(H2,19,20). The van der Waals surface area contributed by atoms with E-state index < -0.39 is 11.9 Å². The predicted octanol–water partition coefficient (Wildman–Crippen LogP) is 1.68. The normalized spacial score (nSPS) is 11.0. The predicted molar refractivity (Wildman–Crippen MR) is 88.7 cm³/mol. The quantitative estimate of drug-likeness (QED) is 0.357. The Kier molecular flexibility index (Phi) is 5.75. The van der Waals surface area contributed by atoms with Crippen LogP contribution in [0.4, 0.5) is 0 Å². The number of ether oxygens (including phenoxy) is 1. The fourth-order valence-electron chi connectivity index (χ4n) is 1.70. The zero-order valence-electron chi connectivity index (χ0n) is 12.4. The van der Waals surface area contributed by atoms with Crippen molar-refractivity contribution in [2.75, 3.05) is 6.61 Å². The summed E-state index contributed by atoms with van der Waals surface area (Å²) in [6.45, 7) is -0.224. The summed E-state index contributed by atoms with van der Waals surface area (Å²) in [5.41, 5.74) is 11.4. The molecule has 0 saturated heterocycles. The van der Waals surface area contributed by atoms with Crippen molar-refractivity contribution >= 4 is 29.3 Å². The number of oxime groups is 1. The van der Waals surface area contributed by atoms with Gasteiger partial charge in [-0.25, -0.2) is 4.79 Å². The van der Waals surface area contributed by atoms with Crippen molar-refractivity contribution in [2.45, 2.75) is 0 Å². The van der Waals surface area contributed by atoms with E-state index in [2.05, 4.69) is 5.16 Å². The number of benzene rings is 2. The minimum atomic E-state index is -0.718. The van der Waals surface area contributed by atoms with Crippen LogP contribution in [0.1, 0.15) is 15.9 Å². The maximum Gasteiger partial charge on any atom is 0.367 e. The van der Waals surface area contributed by atoms with Gasteiger partial charge >= 0.3 is 5.97 Å². The van der Waals surface area contributed by atoms with Gasteiger partial charge in [-0.1, -0.05) is 28.9 Å². The van der Waals surface area contributed by atoms with Gasteiger partial charge in [0.15, 0.2) is 12.4 Å². The molecule has 0 atom stereocenters. The minimum absolute atomic E-state index is 0.00291. The highest BCUT2D eigenvalue weighted by Crippen LogP contribution is 2.16. The summed E-state index contributed by atoms with van der Waals surface area (Å²) in [6.07, 6.45) is 0. The van der Waals surface area contributed by atoms with Gasteiger partial charge in [0, 0.05) is 5.56 Å². The molecular weight excluding hydrogens is 334 g/mol. The van der Waals surface area contributed by atoms with Gasteiger partial charge in [-0.15, -0.1) is 0 Å². The molecule has 0 fully saturated rings. The Labute approximate surface area is 142 Å². The van der Waals surface area contributed by atoms with Crippen LogP contribution in [0.25, 0.3) is 0 Å². The van der Waals surface area contributed by atoms with Crippen LogP contribution in [0.5, 0.6) is 5.75 Å². The van der Waals surface area contributed by atoms with Crippen LogP contribution in [-0.2, 0) is 9.63 Å². The Morgan fingerprint density at radius 2 is 1.71 bits per heavy atom. The molecule has 24 heavy (non-hydrogen) atoms. The zero-order valence-corrected chi connectivity index (χ0v) is 13.2. The summed E-state index contributed by atoms with van der Waals surface area (Å²) in [5, 5.41) is 3.84. The molecule has 2 aromatic carbocycles. The Balaban J connectivity index is 2.01. The van der Waals surface area contributed by atoms with E-state index in [0.29, 0.717) is 11.3 Å². The second kappa shape index (κ2) is 7.98. The first-order valence-electron chi connectivity index (χ1n) is 6.78. The molecule has 2 aromatic rings. The number of carbonyl (C=O) groups is 2. The molecule has 0 aliphatic heterocycles. The topological polar surface area (TPSA) is 117 Å². The lowest BCUT2D eigenvalue weighted by atomic mass is 10.2. The SMILES string of the molecule is NC(=O)COc1ccc(/C(N)=N/OC(=O)c2ccccc2Cl)cc1. The molecular formula is C16H14ClN3O4. The molecule has 0 aliphatic rings. The summed E-state index contributed by atoms with van der Waals surface area (Å²) >= 11 is 5.89. The number of nitrogens with two attached hydrogens (primary N) is 2. The molecule has 7 nitrogen and oxygen atoms in total. The van der Waals surface area contributed by atoms with E-state index in [1.807, 2.05) is 0 Å². The first-order chi connectivity index (χ1) is 11.5. The molecule has 2 rings (SSSR count). The van der Waals surface area contributed by atoms with Crippen LogP contribution in [0.2, 0.25) is 5.02 Å². The highest BCUT2D eigenvalue weighted by molar-refractivity contribution is 6.33. The van der Waals surface area contributed by atoms with E-state index in [4.69, 9.17) is 32.6 Å². The highest BCUT2D eigenvalue weighted by Gasteiger charge is 2.11. The smallest absolute Gasteiger partial charge is 0.367 e. The maximum absolute atomic E-state index is 11.9. The second-order valence-electron chi connectivity index (χ2n) is 4.61. The van der Waals surface area contributed by atoms with Gasteiger partial charge < -0.3 is 21.0 Å². The molecule has 4 N–H and O–H groups in total.